The molecule has 1 aromatic rings. The van der Waals surface area contributed by atoms with Gasteiger partial charge in [-0.1, -0.05) is 11.3 Å². The van der Waals surface area contributed by atoms with E-state index in [1.54, 1.807) is 6.92 Å². The van der Waals surface area contributed by atoms with Crippen LogP contribution in [-0.4, -0.2) is 72.4 Å². The number of nitrogens with one attached hydrogen (secondary N) is 2. The summed E-state index contributed by atoms with van der Waals surface area (Å²) in [6, 6.07) is 0.240. The van der Waals surface area contributed by atoms with Crippen LogP contribution in [0.25, 0.3) is 5.70 Å². The lowest BCUT2D eigenvalue weighted by Gasteiger charge is -2.43. The SMILES string of the molecule is C[C@H]1CN(C2=CC(S(=O)(=O)NC3(C)COC3)=C/C(=C(/N)c3nnc(C(F)F)s3)N2N)C[C@H](C)N1. The zero-order chi connectivity index (χ0) is 24.8. The Morgan fingerprint density at radius 3 is 2.47 bits per heavy atom. The molecule has 3 aliphatic heterocycles. The number of rotatable bonds is 6. The van der Waals surface area contributed by atoms with Crippen molar-refractivity contribution in [3.63, 3.8) is 0 Å². The number of ether oxygens (including phenoxy) is 1. The third-order valence-electron chi connectivity index (χ3n) is 5.60. The summed E-state index contributed by atoms with van der Waals surface area (Å²) in [5.74, 6) is 6.83. The largest absolute Gasteiger partial charge is 0.394 e. The zero-order valence-corrected chi connectivity index (χ0v) is 20.6. The van der Waals surface area contributed by atoms with Gasteiger partial charge in [-0.2, -0.15) is 0 Å². The summed E-state index contributed by atoms with van der Waals surface area (Å²) in [5, 5.41) is 11.4. The highest BCUT2D eigenvalue weighted by molar-refractivity contribution is 7.93. The molecule has 11 nitrogen and oxygen atoms in total. The molecule has 0 amide bonds. The molecule has 188 valence electrons. The monoisotopic (exact) mass is 518 g/mol. The van der Waals surface area contributed by atoms with Gasteiger partial charge in [-0.3, -0.25) is 5.01 Å². The molecule has 2 fully saturated rings. The fraction of sp³-hybridized carbons (Fsp3) is 0.579. The summed E-state index contributed by atoms with van der Waals surface area (Å²) in [6.45, 7) is 7.40. The van der Waals surface area contributed by atoms with Crippen molar-refractivity contribution in [2.45, 2.75) is 44.8 Å². The Hall–Kier alpha value is -2.17. The first-order valence-corrected chi connectivity index (χ1v) is 12.9. The van der Waals surface area contributed by atoms with E-state index >= 15 is 0 Å². The second kappa shape index (κ2) is 9.13. The topological polar surface area (TPSA) is 152 Å². The molecule has 0 radical (unpaired) electrons. The summed E-state index contributed by atoms with van der Waals surface area (Å²) >= 11 is 0.623. The molecule has 15 heteroatoms. The van der Waals surface area contributed by atoms with Gasteiger partial charge in [0.15, 0.2) is 10.0 Å². The molecule has 0 spiro atoms. The third-order valence-corrected chi connectivity index (χ3v) is 8.19. The van der Waals surface area contributed by atoms with E-state index in [2.05, 4.69) is 20.2 Å². The number of hydrogen-bond acceptors (Lipinski definition) is 11. The number of halogens is 2. The van der Waals surface area contributed by atoms with Crippen LogP contribution in [0.1, 0.15) is 37.2 Å². The van der Waals surface area contributed by atoms with Crippen molar-refractivity contribution in [1.29, 1.82) is 0 Å². The van der Waals surface area contributed by atoms with Gasteiger partial charge >= 0.3 is 0 Å². The van der Waals surface area contributed by atoms with Crippen molar-refractivity contribution in [3.05, 3.63) is 38.6 Å². The quantitative estimate of drug-likeness (QED) is 0.390. The van der Waals surface area contributed by atoms with Crippen molar-refractivity contribution >= 4 is 27.1 Å². The predicted octanol–water partition coefficient (Wildman–Crippen LogP) is 0.408. The maximum Gasteiger partial charge on any atom is 0.291 e. The number of nitrogens with zero attached hydrogens (tertiary/aromatic N) is 4. The first-order chi connectivity index (χ1) is 15.9. The maximum absolute atomic E-state index is 13.3. The van der Waals surface area contributed by atoms with Gasteiger partial charge < -0.3 is 20.7 Å². The first kappa shape index (κ1) is 24.9. The maximum atomic E-state index is 13.3. The Morgan fingerprint density at radius 2 is 1.94 bits per heavy atom. The zero-order valence-electron chi connectivity index (χ0n) is 19.0. The van der Waals surface area contributed by atoms with E-state index < -0.39 is 27.0 Å². The fourth-order valence-electron chi connectivity index (χ4n) is 4.08. The van der Waals surface area contributed by atoms with Crippen LogP contribution >= 0.6 is 11.3 Å². The van der Waals surface area contributed by atoms with Crippen LogP contribution in [0.5, 0.6) is 0 Å². The molecule has 0 bridgehead atoms. The number of alkyl halides is 2. The van der Waals surface area contributed by atoms with E-state index in [1.807, 2.05) is 18.7 Å². The molecule has 2 atom stereocenters. The Balaban J connectivity index is 1.78. The van der Waals surface area contributed by atoms with E-state index in [4.69, 9.17) is 16.3 Å². The summed E-state index contributed by atoms with van der Waals surface area (Å²) < 4.78 is 60.5. The summed E-state index contributed by atoms with van der Waals surface area (Å²) in [6.07, 6.45) is -0.00946. The number of nitrogens with two attached hydrogens (primary N) is 2. The Labute approximate surface area is 200 Å². The second-order valence-electron chi connectivity index (χ2n) is 9.00. The minimum absolute atomic E-state index is 0.0179. The van der Waals surface area contributed by atoms with E-state index in [1.165, 1.54) is 17.2 Å². The van der Waals surface area contributed by atoms with Gasteiger partial charge in [0.25, 0.3) is 6.43 Å². The number of hydrogen-bond donors (Lipinski definition) is 4. The average Bonchev–Trinajstić information content (AvgIpc) is 3.22. The molecule has 2 saturated heterocycles. The Kier molecular flexibility index (Phi) is 6.69. The molecular formula is C19H28F2N8O3S2. The van der Waals surface area contributed by atoms with E-state index in [-0.39, 0.29) is 46.6 Å². The van der Waals surface area contributed by atoms with Crippen LogP contribution in [0.15, 0.2) is 28.6 Å². The van der Waals surface area contributed by atoms with Gasteiger partial charge in [-0.25, -0.2) is 27.8 Å². The third kappa shape index (κ3) is 4.94. The van der Waals surface area contributed by atoms with E-state index in [0.29, 0.717) is 30.2 Å². The van der Waals surface area contributed by atoms with Crippen LogP contribution < -0.4 is 21.6 Å². The number of piperazine rings is 1. The lowest BCUT2D eigenvalue weighted by atomic mass is 10.0. The molecule has 4 rings (SSSR count). The van der Waals surface area contributed by atoms with Crippen LogP contribution in [0, 0.1) is 0 Å². The van der Waals surface area contributed by atoms with E-state index in [0.717, 1.165) is 0 Å². The standard InChI is InChI=1S/C19H28F2N8O3S2/c1-10-6-28(7-11(2)24-10)14-5-12(34(30,31)27-19(3)8-32-9-19)4-13(29(14)23)15(22)17-25-26-18(33-17)16(20)21/h4-5,10-11,16,24,27H,6-9,22-23H2,1-3H3/b15-13-/t10-,11-/m0/s1. The predicted molar refractivity (Wildman–Crippen MR) is 123 cm³/mol. The molecule has 3 aliphatic rings. The van der Waals surface area contributed by atoms with Gasteiger partial charge in [0.05, 0.1) is 35.1 Å². The van der Waals surface area contributed by atoms with Crippen LogP contribution in [0.2, 0.25) is 0 Å². The number of aromatic nitrogens is 2. The lowest BCUT2D eigenvalue weighted by Crippen LogP contribution is -2.60. The molecule has 0 saturated carbocycles. The van der Waals surface area contributed by atoms with Crippen molar-refractivity contribution in [1.82, 2.24) is 30.1 Å². The van der Waals surface area contributed by atoms with Crippen molar-refractivity contribution in [2.24, 2.45) is 11.6 Å². The number of sulfonamides is 1. The molecule has 34 heavy (non-hydrogen) atoms. The minimum Gasteiger partial charge on any atom is -0.394 e. The molecule has 6 N–H and O–H groups in total. The van der Waals surface area contributed by atoms with E-state index in [9.17, 15) is 17.2 Å². The highest BCUT2D eigenvalue weighted by atomic mass is 32.2. The normalized spacial score (nSPS) is 26.8. The highest BCUT2D eigenvalue weighted by Gasteiger charge is 2.40. The van der Waals surface area contributed by atoms with Gasteiger partial charge in [-0.05, 0) is 26.8 Å². The summed E-state index contributed by atoms with van der Waals surface area (Å²) in [4.78, 5) is 1.90. The minimum atomic E-state index is -3.99. The van der Waals surface area contributed by atoms with Crippen molar-refractivity contribution in [2.75, 3.05) is 26.3 Å². The van der Waals surface area contributed by atoms with Crippen molar-refractivity contribution in [3.8, 4) is 0 Å². The molecule has 0 aliphatic carbocycles. The number of allylic oxidation sites excluding steroid dienone is 2. The molecular weight excluding hydrogens is 490 g/mol. The van der Waals surface area contributed by atoms with Crippen LogP contribution in [-0.2, 0) is 14.8 Å². The lowest BCUT2D eigenvalue weighted by molar-refractivity contribution is -0.0522. The van der Waals surface area contributed by atoms with Crippen LogP contribution in [0.3, 0.4) is 0 Å². The molecule has 4 heterocycles. The molecule has 0 aromatic carbocycles. The molecule has 0 unspecified atom stereocenters. The summed E-state index contributed by atoms with van der Waals surface area (Å²) in [5.41, 5.74) is 5.60. The second-order valence-corrected chi connectivity index (χ2v) is 11.7. The Morgan fingerprint density at radius 1 is 1.29 bits per heavy atom. The van der Waals surface area contributed by atoms with Gasteiger partial charge in [0.2, 0.25) is 10.0 Å². The fourth-order valence-corrected chi connectivity index (χ4v) is 6.15. The van der Waals surface area contributed by atoms with Gasteiger partial charge in [0, 0.05) is 31.2 Å². The first-order valence-electron chi connectivity index (χ1n) is 10.6. The van der Waals surface area contributed by atoms with Crippen LogP contribution in [0.4, 0.5) is 8.78 Å². The smallest absolute Gasteiger partial charge is 0.291 e. The summed E-state index contributed by atoms with van der Waals surface area (Å²) in [7, 11) is -3.99. The molecule has 1 aromatic heterocycles. The van der Waals surface area contributed by atoms with Gasteiger partial charge in [0.1, 0.15) is 5.82 Å². The average molecular weight is 519 g/mol. The van der Waals surface area contributed by atoms with Gasteiger partial charge in [-0.15, -0.1) is 10.2 Å². The Bertz CT molecular complexity index is 1140. The number of hydrazine groups is 1. The van der Waals surface area contributed by atoms with Crippen molar-refractivity contribution < 1.29 is 21.9 Å². The highest BCUT2D eigenvalue weighted by Crippen LogP contribution is 2.33.